The molecular weight excluding hydrogens is 364 g/mol. The summed E-state index contributed by atoms with van der Waals surface area (Å²) in [7, 11) is 0. The first-order valence-electron chi connectivity index (χ1n) is 10.1. The van der Waals surface area contributed by atoms with Gasteiger partial charge in [-0.3, -0.25) is 9.67 Å². The van der Waals surface area contributed by atoms with Crippen molar-refractivity contribution >= 4 is 11.5 Å². The normalized spacial score (nSPS) is 16.4. The average Bonchev–Trinajstić information content (AvgIpc) is 3.28. The van der Waals surface area contributed by atoms with Crippen molar-refractivity contribution in [3.8, 4) is 11.1 Å². The van der Waals surface area contributed by atoms with E-state index in [9.17, 15) is 0 Å². The molecule has 1 saturated carbocycles. The van der Waals surface area contributed by atoms with Crippen molar-refractivity contribution in [3.05, 3.63) is 53.4 Å². The second-order valence-electron chi connectivity index (χ2n) is 8.11. The van der Waals surface area contributed by atoms with Crippen LogP contribution in [0.1, 0.15) is 41.3 Å². The quantitative estimate of drug-likeness (QED) is 0.539. The van der Waals surface area contributed by atoms with Gasteiger partial charge in [0.1, 0.15) is 6.33 Å². The van der Waals surface area contributed by atoms with Gasteiger partial charge in [-0.15, -0.1) is 15.3 Å². The monoisotopic (exact) mass is 386 g/mol. The zero-order chi connectivity index (χ0) is 19.5. The van der Waals surface area contributed by atoms with E-state index in [2.05, 4.69) is 51.0 Å². The highest BCUT2D eigenvalue weighted by Gasteiger charge is 2.25. The molecule has 5 heterocycles. The minimum atomic E-state index is 0.592. The maximum Gasteiger partial charge on any atom is 0.180 e. The standard InChI is InChI=1S/C21H22N8/c1-13-14(2)21(26-29-12-23-25-20(13)29)27-6-5-19-16(10-27)7-15(8-22-19)17-9-24-28(11-17)18-3-4-18/h7-9,11-12,18H,3-6,10H2,1-2H3. The summed E-state index contributed by atoms with van der Waals surface area (Å²) in [6, 6.07) is 2.86. The average molecular weight is 386 g/mol. The number of aryl methyl sites for hydroxylation is 1. The summed E-state index contributed by atoms with van der Waals surface area (Å²) < 4.78 is 3.86. The van der Waals surface area contributed by atoms with Crippen LogP contribution in [0.15, 0.2) is 31.0 Å². The summed E-state index contributed by atoms with van der Waals surface area (Å²) in [5.74, 6) is 0.993. The van der Waals surface area contributed by atoms with E-state index in [1.54, 1.807) is 10.8 Å². The Hall–Kier alpha value is -3.29. The van der Waals surface area contributed by atoms with E-state index < -0.39 is 0 Å². The maximum atomic E-state index is 4.79. The highest BCUT2D eigenvalue weighted by atomic mass is 15.4. The molecule has 1 aliphatic heterocycles. The number of pyridine rings is 1. The Morgan fingerprint density at radius 3 is 2.83 bits per heavy atom. The highest BCUT2D eigenvalue weighted by molar-refractivity contribution is 5.63. The molecule has 0 saturated heterocycles. The van der Waals surface area contributed by atoms with Gasteiger partial charge >= 0.3 is 0 Å². The fourth-order valence-electron chi connectivity index (χ4n) is 4.15. The van der Waals surface area contributed by atoms with Gasteiger partial charge in [0, 0.05) is 59.9 Å². The molecule has 0 radical (unpaired) electrons. The molecule has 0 unspecified atom stereocenters. The summed E-state index contributed by atoms with van der Waals surface area (Å²) in [6.07, 6.45) is 11.1. The molecule has 0 amide bonds. The minimum absolute atomic E-state index is 0.592. The second kappa shape index (κ2) is 6.10. The van der Waals surface area contributed by atoms with Crippen LogP contribution in [0, 0.1) is 13.8 Å². The van der Waals surface area contributed by atoms with Crippen molar-refractivity contribution in [2.45, 2.75) is 45.7 Å². The van der Waals surface area contributed by atoms with E-state index in [-0.39, 0.29) is 0 Å². The lowest BCUT2D eigenvalue weighted by atomic mass is 10.0. The molecule has 0 aromatic carbocycles. The lowest BCUT2D eigenvalue weighted by Gasteiger charge is -2.30. The van der Waals surface area contributed by atoms with Crippen molar-refractivity contribution in [1.29, 1.82) is 0 Å². The SMILES string of the molecule is Cc1c(N2CCc3ncc(-c4cnn(C5CC5)c4)cc3C2)nn2cnnc2c1C. The first-order valence-corrected chi connectivity index (χ1v) is 10.1. The Bertz CT molecular complexity index is 1230. The van der Waals surface area contributed by atoms with Gasteiger partial charge in [0.15, 0.2) is 11.5 Å². The Balaban J connectivity index is 1.34. The van der Waals surface area contributed by atoms with Crippen LogP contribution >= 0.6 is 0 Å². The zero-order valence-electron chi connectivity index (χ0n) is 16.6. The number of fused-ring (bicyclic) bond motifs is 2. The summed E-state index contributed by atoms with van der Waals surface area (Å²) >= 11 is 0. The van der Waals surface area contributed by atoms with Crippen LogP contribution in [-0.2, 0) is 13.0 Å². The molecule has 0 atom stereocenters. The van der Waals surface area contributed by atoms with Gasteiger partial charge in [-0.25, -0.2) is 0 Å². The molecule has 4 aromatic rings. The van der Waals surface area contributed by atoms with E-state index in [1.807, 2.05) is 12.4 Å². The third kappa shape index (κ3) is 2.70. The third-order valence-corrected chi connectivity index (χ3v) is 6.16. The van der Waals surface area contributed by atoms with Gasteiger partial charge < -0.3 is 4.90 Å². The summed E-state index contributed by atoms with van der Waals surface area (Å²) in [5.41, 5.74) is 7.81. The Kier molecular flexibility index (Phi) is 3.50. The summed E-state index contributed by atoms with van der Waals surface area (Å²) in [6.45, 7) is 5.90. The van der Waals surface area contributed by atoms with Gasteiger partial charge in [-0.1, -0.05) is 0 Å². The predicted molar refractivity (Wildman–Crippen MR) is 109 cm³/mol. The number of rotatable bonds is 3. The first-order chi connectivity index (χ1) is 14.2. The van der Waals surface area contributed by atoms with Crippen LogP contribution in [0.4, 0.5) is 5.82 Å². The molecule has 6 rings (SSSR count). The second-order valence-corrected chi connectivity index (χ2v) is 8.11. The van der Waals surface area contributed by atoms with Crippen LogP contribution in [0.5, 0.6) is 0 Å². The summed E-state index contributed by atoms with van der Waals surface area (Å²) in [5, 5.41) is 17.5. The molecule has 0 spiro atoms. The summed E-state index contributed by atoms with van der Waals surface area (Å²) in [4.78, 5) is 7.10. The van der Waals surface area contributed by atoms with Crippen LogP contribution in [-0.4, -0.2) is 41.1 Å². The predicted octanol–water partition coefficient (Wildman–Crippen LogP) is 2.90. The van der Waals surface area contributed by atoms with Gasteiger partial charge in [0.2, 0.25) is 0 Å². The van der Waals surface area contributed by atoms with Crippen molar-refractivity contribution in [1.82, 2.24) is 34.6 Å². The number of aromatic nitrogens is 7. The Labute approximate surface area is 168 Å². The van der Waals surface area contributed by atoms with E-state index >= 15 is 0 Å². The van der Waals surface area contributed by atoms with Crippen molar-refractivity contribution < 1.29 is 0 Å². The fraction of sp³-hybridized carbons (Fsp3) is 0.381. The van der Waals surface area contributed by atoms with Crippen LogP contribution in [0.2, 0.25) is 0 Å². The van der Waals surface area contributed by atoms with Crippen molar-refractivity contribution in [2.75, 3.05) is 11.4 Å². The highest BCUT2D eigenvalue weighted by Crippen LogP contribution is 2.35. The topological polar surface area (TPSA) is 77.0 Å². The van der Waals surface area contributed by atoms with Crippen LogP contribution < -0.4 is 4.90 Å². The molecule has 146 valence electrons. The van der Waals surface area contributed by atoms with Gasteiger partial charge in [0.05, 0.1) is 12.2 Å². The Morgan fingerprint density at radius 1 is 1.07 bits per heavy atom. The smallest absolute Gasteiger partial charge is 0.180 e. The molecular formula is C21H22N8. The van der Waals surface area contributed by atoms with Crippen LogP contribution in [0.25, 0.3) is 16.8 Å². The molecule has 8 heteroatoms. The lowest BCUT2D eigenvalue weighted by molar-refractivity contribution is 0.642. The lowest BCUT2D eigenvalue weighted by Crippen LogP contribution is -2.32. The number of hydrogen-bond acceptors (Lipinski definition) is 6. The first kappa shape index (κ1) is 16.6. The van der Waals surface area contributed by atoms with E-state index in [1.165, 1.54) is 24.1 Å². The largest absolute Gasteiger partial charge is 0.350 e. The Morgan fingerprint density at radius 2 is 1.97 bits per heavy atom. The third-order valence-electron chi connectivity index (χ3n) is 6.16. The van der Waals surface area contributed by atoms with E-state index in [0.717, 1.165) is 53.2 Å². The molecule has 0 bridgehead atoms. The zero-order valence-corrected chi connectivity index (χ0v) is 16.6. The molecule has 2 aliphatic rings. The molecule has 8 nitrogen and oxygen atoms in total. The number of anilines is 1. The molecule has 1 aliphatic carbocycles. The molecule has 0 N–H and O–H groups in total. The van der Waals surface area contributed by atoms with Crippen molar-refractivity contribution in [3.63, 3.8) is 0 Å². The maximum absolute atomic E-state index is 4.79. The number of nitrogens with zero attached hydrogens (tertiary/aromatic N) is 8. The molecule has 29 heavy (non-hydrogen) atoms. The van der Waals surface area contributed by atoms with E-state index in [4.69, 9.17) is 10.1 Å². The van der Waals surface area contributed by atoms with Gasteiger partial charge in [-0.05, 0) is 38.3 Å². The minimum Gasteiger partial charge on any atom is -0.350 e. The van der Waals surface area contributed by atoms with Gasteiger partial charge in [0.25, 0.3) is 0 Å². The van der Waals surface area contributed by atoms with E-state index in [0.29, 0.717) is 6.04 Å². The van der Waals surface area contributed by atoms with Gasteiger partial charge in [-0.2, -0.15) is 9.61 Å². The molecule has 1 fully saturated rings. The van der Waals surface area contributed by atoms with Crippen molar-refractivity contribution in [2.24, 2.45) is 0 Å². The number of hydrogen-bond donors (Lipinski definition) is 0. The fourth-order valence-corrected chi connectivity index (χ4v) is 4.15. The molecule has 4 aromatic heterocycles. The van der Waals surface area contributed by atoms with Crippen LogP contribution in [0.3, 0.4) is 0 Å².